The van der Waals surface area contributed by atoms with Gasteiger partial charge in [0.05, 0.1) is 13.1 Å². The first kappa shape index (κ1) is 32.7. The number of Topliss-reactive ketones (excluding diaryl/α,β-unsaturated/α-hetero) is 1. The molecule has 2 aliphatic rings. The van der Waals surface area contributed by atoms with Crippen molar-refractivity contribution in [3.63, 3.8) is 0 Å². The number of amides is 1. The van der Waals surface area contributed by atoms with E-state index in [0.29, 0.717) is 17.9 Å². The second-order valence-corrected chi connectivity index (χ2v) is 10.5. The third-order valence-electron chi connectivity index (χ3n) is 7.39. The monoisotopic (exact) mass is 608 g/mol. The van der Waals surface area contributed by atoms with Gasteiger partial charge in [-0.25, -0.2) is 17.6 Å². The van der Waals surface area contributed by atoms with E-state index >= 15 is 0 Å². The molecule has 0 spiro atoms. The molecule has 2 aliphatic heterocycles. The molecule has 3 aromatic carbocycles. The standard InChI is InChI=1S/C33H30F4N2O3.C2H6/c34-28-10-4-22(18-30(28)36)16-25-20-39(21-26(32(25)40)17-23-5-11-29(35)31(37)19-23)33(41)24-6-8-27(9-7-24)42-15-14-38-12-2-1-3-13-38;1-2/h4-11,16-19H,1-3,12-15,20-21H2;1-2H3/b25-16+,26-17+;. The van der Waals surface area contributed by atoms with Gasteiger partial charge in [0.15, 0.2) is 29.1 Å². The lowest BCUT2D eigenvalue weighted by Gasteiger charge is -2.30. The molecular weight excluding hydrogens is 572 g/mol. The molecule has 232 valence electrons. The summed E-state index contributed by atoms with van der Waals surface area (Å²) in [4.78, 5) is 30.7. The van der Waals surface area contributed by atoms with Gasteiger partial charge in [0.2, 0.25) is 0 Å². The quantitative estimate of drug-likeness (QED) is 0.208. The number of carbonyl (C=O) groups is 2. The predicted octanol–water partition coefficient (Wildman–Crippen LogP) is 7.33. The number of benzene rings is 3. The molecule has 5 rings (SSSR count). The molecule has 0 bridgehead atoms. The van der Waals surface area contributed by atoms with E-state index in [0.717, 1.165) is 43.9 Å². The summed E-state index contributed by atoms with van der Waals surface area (Å²) in [5, 5.41) is 0. The smallest absolute Gasteiger partial charge is 0.254 e. The van der Waals surface area contributed by atoms with Crippen LogP contribution in [0.1, 0.15) is 54.6 Å². The van der Waals surface area contributed by atoms with Crippen LogP contribution in [-0.2, 0) is 4.79 Å². The highest BCUT2D eigenvalue weighted by molar-refractivity contribution is 6.15. The van der Waals surface area contributed by atoms with Gasteiger partial charge in [0.1, 0.15) is 12.4 Å². The van der Waals surface area contributed by atoms with E-state index in [2.05, 4.69) is 4.90 Å². The van der Waals surface area contributed by atoms with Gasteiger partial charge in [0, 0.05) is 23.3 Å². The third kappa shape index (κ3) is 8.44. The molecule has 0 atom stereocenters. The summed E-state index contributed by atoms with van der Waals surface area (Å²) in [5.41, 5.74) is 1.17. The zero-order chi connectivity index (χ0) is 31.6. The summed E-state index contributed by atoms with van der Waals surface area (Å²) < 4.78 is 60.5. The summed E-state index contributed by atoms with van der Waals surface area (Å²) in [5.74, 6) is -4.37. The van der Waals surface area contributed by atoms with Gasteiger partial charge in [-0.15, -0.1) is 0 Å². The van der Waals surface area contributed by atoms with E-state index in [-0.39, 0.29) is 41.3 Å². The van der Waals surface area contributed by atoms with Gasteiger partial charge < -0.3 is 9.64 Å². The Hall–Kier alpha value is -4.24. The Morgan fingerprint density at radius 1 is 0.750 bits per heavy atom. The summed E-state index contributed by atoms with van der Waals surface area (Å²) in [6.45, 7) is 7.36. The minimum atomic E-state index is -1.07. The lowest BCUT2D eigenvalue weighted by atomic mass is 9.93. The van der Waals surface area contributed by atoms with Crippen LogP contribution in [0.25, 0.3) is 12.2 Å². The Balaban J connectivity index is 0.00000216. The van der Waals surface area contributed by atoms with E-state index in [9.17, 15) is 27.2 Å². The summed E-state index contributed by atoms with van der Waals surface area (Å²) >= 11 is 0. The molecule has 0 aliphatic carbocycles. The first-order valence-electron chi connectivity index (χ1n) is 14.9. The Morgan fingerprint density at radius 3 is 1.77 bits per heavy atom. The Morgan fingerprint density at radius 2 is 1.27 bits per heavy atom. The number of hydrogen-bond donors (Lipinski definition) is 0. The van der Waals surface area contributed by atoms with Crippen molar-refractivity contribution in [1.82, 2.24) is 9.80 Å². The molecule has 0 aromatic heterocycles. The lowest BCUT2D eigenvalue weighted by molar-refractivity contribution is -0.113. The van der Waals surface area contributed by atoms with Gasteiger partial charge >= 0.3 is 0 Å². The van der Waals surface area contributed by atoms with Crippen LogP contribution in [0.4, 0.5) is 17.6 Å². The van der Waals surface area contributed by atoms with Gasteiger partial charge in [-0.1, -0.05) is 32.4 Å². The molecule has 2 fully saturated rings. The number of ketones is 1. The van der Waals surface area contributed by atoms with E-state index in [4.69, 9.17) is 4.74 Å². The van der Waals surface area contributed by atoms with Crippen molar-refractivity contribution in [2.75, 3.05) is 39.3 Å². The first-order valence-corrected chi connectivity index (χ1v) is 14.9. The molecule has 0 unspecified atom stereocenters. The van der Waals surface area contributed by atoms with Crippen LogP contribution >= 0.6 is 0 Å². The Bertz CT molecular complexity index is 1460. The lowest BCUT2D eigenvalue weighted by Crippen LogP contribution is -2.41. The van der Waals surface area contributed by atoms with Crippen molar-refractivity contribution in [2.24, 2.45) is 0 Å². The average molecular weight is 609 g/mol. The van der Waals surface area contributed by atoms with Crippen LogP contribution < -0.4 is 4.74 Å². The number of carbonyl (C=O) groups excluding carboxylic acids is 2. The minimum absolute atomic E-state index is 0.0835. The second-order valence-electron chi connectivity index (χ2n) is 10.5. The molecule has 0 N–H and O–H groups in total. The SMILES string of the molecule is CC.O=C1/C(=C/c2ccc(F)c(F)c2)CN(C(=O)c2ccc(OCCN3CCCCC3)cc2)C/C1=C\c1ccc(F)c(F)c1. The van der Waals surface area contributed by atoms with Crippen molar-refractivity contribution < 1.29 is 31.9 Å². The van der Waals surface area contributed by atoms with Crippen LogP contribution in [-0.4, -0.2) is 60.8 Å². The van der Waals surface area contributed by atoms with Crippen molar-refractivity contribution in [3.05, 3.63) is 112 Å². The highest BCUT2D eigenvalue weighted by atomic mass is 19.2. The molecule has 2 heterocycles. The zero-order valence-electron chi connectivity index (χ0n) is 24.9. The molecule has 5 nitrogen and oxygen atoms in total. The van der Waals surface area contributed by atoms with Crippen LogP contribution in [0.15, 0.2) is 71.8 Å². The molecule has 44 heavy (non-hydrogen) atoms. The molecule has 0 radical (unpaired) electrons. The van der Waals surface area contributed by atoms with Crippen LogP contribution in [0.5, 0.6) is 5.75 Å². The fourth-order valence-electron chi connectivity index (χ4n) is 5.14. The minimum Gasteiger partial charge on any atom is -0.492 e. The topological polar surface area (TPSA) is 49.9 Å². The molecular formula is C35H36F4N2O3. The van der Waals surface area contributed by atoms with Crippen molar-refractivity contribution >= 4 is 23.8 Å². The zero-order valence-corrected chi connectivity index (χ0v) is 24.9. The number of nitrogens with zero attached hydrogens (tertiary/aromatic N) is 2. The number of likely N-dealkylation sites (tertiary alicyclic amines) is 2. The van der Waals surface area contributed by atoms with E-state index in [1.54, 1.807) is 24.3 Å². The maximum absolute atomic E-state index is 13.9. The molecule has 3 aromatic rings. The van der Waals surface area contributed by atoms with Crippen LogP contribution in [0.3, 0.4) is 0 Å². The number of rotatable bonds is 7. The van der Waals surface area contributed by atoms with Gasteiger partial charge in [-0.05, 0) is 97.7 Å². The highest BCUT2D eigenvalue weighted by Gasteiger charge is 2.30. The second kappa shape index (κ2) is 15.5. The van der Waals surface area contributed by atoms with Gasteiger partial charge in [-0.2, -0.15) is 0 Å². The number of ether oxygens (including phenoxy) is 1. The Labute approximate surface area is 255 Å². The fraction of sp³-hybridized carbons (Fsp3) is 0.314. The maximum Gasteiger partial charge on any atom is 0.254 e. The summed E-state index contributed by atoms with van der Waals surface area (Å²) in [6, 6.07) is 13.2. The number of hydrogen-bond acceptors (Lipinski definition) is 4. The van der Waals surface area contributed by atoms with Crippen LogP contribution in [0, 0.1) is 23.3 Å². The van der Waals surface area contributed by atoms with Gasteiger partial charge in [-0.3, -0.25) is 14.5 Å². The highest BCUT2D eigenvalue weighted by Crippen LogP contribution is 2.25. The predicted molar refractivity (Wildman–Crippen MR) is 163 cm³/mol. The molecule has 1 amide bonds. The van der Waals surface area contributed by atoms with E-state index < -0.39 is 29.1 Å². The molecule has 2 saturated heterocycles. The van der Waals surface area contributed by atoms with Crippen molar-refractivity contribution in [1.29, 1.82) is 0 Å². The average Bonchev–Trinajstić information content (AvgIpc) is 3.04. The molecule has 0 saturated carbocycles. The van der Waals surface area contributed by atoms with E-state index in [1.165, 1.54) is 48.4 Å². The first-order chi connectivity index (χ1) is 21.3. The van der Waals surface area contributed by atoms with E-state index in [1.807, 2.05) is 13.8 Å². The van der Waals surface area contributed by atoms with Crippen LogP contribution in [0.2, 0.25) is 0 Å². The number of piperidine rings is 2. The van der Waals surface area contributed by atoms with Crippen molar-refractivity contribution in [2.45, 2.75) is 33.1 Å². The molecule has 9 heteroatoms. The fourth-order valence-corrected chi connectivity index (χ4v) is 5.14. The maximum atomic E-state index is 13.9. The summed E-state index contributed by atoms with van der Waals surface area (Å²) in [7, 11) is 0. The number of halogens is 4. The summed E-state index contributed by atoms with van der Waals surface area (Å²) in [6.07, 6.45) is 6.45. The third-order valence-corrected chi connectivity index (χ3v) is 7.39. The Kier molecular flexibility index (Phi) is 11.5. The largest absolute Gasteiger partial charge is 0.492 e. The normalized spacial score (nSPS) is 17.4. The van der Waals surface area contributed by atoms with Crippen molar-refractivity contribution in [3.8, 4) is 5.75 Å². The van der Waals surface area contributed by atoms with Gasteiger partial charge in [0.25, 0.3) is 5.91 Å².